The van der Waals surface area contributed by atoms with Gasteiger partial charge in [-0.3, -0.25) is 0 Å². The molecule has 0 heterocycles. The molecule has 2 atom stereocenters. The van der Waals surface area contributed by atoms with Crippen LogP contribution in [0.1, 0.15) is 38.2 Å². The van der Waals surface area contributed by atoms with Gasteiger partial charge in [0.1, 0.15) is 0 Å². The number of nitrogens with one attached hydrogen (secondary N) is 1. The van der Waals surface area contributed by atoms with Crippen LogP contribution in [0.3, 0.4) is 0 Å². The molecule has 1 aliphatic carbocycles. The predicted octanol–water partition coefficient (Wildman–Crippen LogP) is 3.99. The fraction of sp³-hybridized carbons (Fsp3) is 0.647. The SMILES string of the molecule is CC1CCCC(CNc2ccc(CN(C)C)cc2)C1. The van der Waals surface area contributed by atoms with E-state index in [0.717, 1.165) is 24.9 Å². The minimum absolute atomic E-state index is 0.866. The van der Waals surface area contributed by atoms with Gasteiger partial charge in [0.05, 0.1) is 0 Å². The molecular weight excluding hydrogens is 232 g/mol. The van der Waals surface area contributed by atoms with Gasteiger partial charge in [-0.2, -0.15) is 0 Å². The topological polar surface area (TPSA) is 15.3 Å². The minimum Gasteiger partial charge on any atom is -0.385 e. The summed E-state index contributed by atoms with van der Waals surface area (Å²) in [4.78, 5) is 2.20. The number of hydrogen-bond acceptors (Lipinski definition) is 2. The molecule has 1 fully saturated rings. The van der Waals surface area contributed by atoms with Crippen molar-refractivity contribution in [2.24, 2.45) is 11.8 Å². The summed E-state index contributed by atoms with van der Waals surface area (Å²) >= 11 is 0. The lowest BCUT2D eigenvalue weighted by atomic mass is 9.82. The van der Waals surface area contributed by atoms with Gasteiger partial charge < -0.3 is 10.2 Å². The molecule has 1 aliphatic rings. The first-order valence-electron chi connectivity index (χ1n) is 7.61. The minimum atomic E-state index is 0.866. The molecular formula is C17H28N2. The first-order chi connectivity index (χ1) is 9.13. The number of benzene rings is 1. The van der Waals surface area contributed by atoms with Gasteiger partial charge in [0.25, 0.3) is 0 Å². The van der Waals surface area contributed by atoms with E-state index in [9.17, 15) is 0 Å². The summed E-state index contributed by atoms with van der Waals surface area (Å²) in [5, 5.41) is 3.60. The Morgan fingerprint density at radius 1 is 1.16 bits per heavy atom. The maximum atomic E-state index is 3.60. The van der Waals surface area contributed by atoms with Crippen molar-refractivity contribution >= 4 is 5.69 Å². The maximum Gasteiger partial charge on any atom is 0.0340 e. The van der Waals surface area contributed by atoms with Crippen LogP contribution in [0.4, 0.5) is 5.69 Å². The molecule has 2 rings (SSSR count). The number of nitrogens with zero attached hydrogens (tertiary/aromatic N) is 1. The fourth-order valence-electron chi connectivity index (χ4n) is 3.10. The van der Waals surface area contributed by atoms with Crippen molar-refractivity contribution in [2.75, 3.05) is 26.0 Å². The van der Waals surface area contributed by atoms with Crippen LogP contribution in [0.15, 0.2) is 24.3 Å². The standard InChI is InChI=1S/C17H28N2/c1-14-5-4-6-16(11-14)12-18-17-9-7-15(8-10-17)13-19(2)3/h7-10,14,16,18H,4-6,11-13H2,1-3H3. The monoisotopic (exact) mass is 260 g/mol. The van der Waals surface area contributed by atoms with E-state index in [4.69, 9.17) is 0 Å². The Bertz CT molecular complexity index is 369. The van der Waals surface area contributed by atoms with Crippen LogP contribution in [0.2, 0.25) is 0 Å². The highest BCUT2D eigenvalue weighted by molar-refractivity contribution is 5.44. The van der Waals surface area contributed by atoms with Crippen LogP contribution < -0.4 is 5.32 Å². The Kier molecular flexibility index (Phi) is 5.26. The summed E-state index contributed by atoms with van der Waals surface area (Å²) < 4.78 is 0. The summed E-state index contributed by atoms with van der Waals surface area (Å²) in [7, 11) is 4.22. The Balaban J connectivity index is 1.79. The number of rotatable bonds is 5. The van der Waals surface area contributed by atoms with Crippen LogP contribution in [0.25, 0.3) is 0 Å². The summed E-state index contributed by atoms with van der Waals surface area (Å²) in [6, 6.07) is 8.88. The molecule has 0 radical (unpaired) electrons. The number of hydrogen-bond donors (Lipinski definition) is 1. The molecule has 19 heavy (non-hydrogen) atoms. The third-order valence-electron chi connectivity index (χ3n) is 4.09. The van der Waals surface area contributed by atoms with Gasteiger partial charge in [-0.25, -0.2) is 0 Å². The molecule has 0 aliphatic heterocycles. The van der Waals surface area contributed by atoms with Gasteiger partial charge in [-0.1, -0.05) is 31.9 Å². The summed E-state index contributed by atoms with van der Waals surface area (Å²) in [5.74, 6) is 1.79. The highest BCUT2D eigenvalue weighted by atomic mass is 15.0. The molecule has 0 saturated heterocycles. The van der Waals surface area contributed by atoms with E-state index < -0.39 is 0 Å². The first kappa shape index (κ1) is 14.4. The average molecular weight is 260 g/mol. The molecule has 1 aromatic carbocycles. The quantitative estimate of drug-likeness (QED) is 0.861. The van der Waals surface area contributed by atoms with E-state index in [-0.39, 0.29) is 0 Å². The summed E-state index contributed by atoms with van der Waals surface area (Å²) in [5.41, 5.74) is 2.64. The largest absolute Gasteiger partial charge is 0.385 e. The molecule has 0 aromatic heterocycles. The maximum absolute atomic E-state index is 3.60. The van der Waals surface area contributed by atoms with Gasteiger partial charge in [0.2, 0.25) is 0 Å². The lowest BCUT2D eigenvalue weighted by Crippen LogP contribution is -2.21. The molecule has 2 heteroatoms. The molecule has 1 N–H and O–H groups in total. The van der Waals surface area contributed by atoms with Crippen LogP contribution in [-0.4, -0.2) is 25.5 Å². The predicted molar refractivity (Wildman–Crippen MR) is 83.4 cm³/mol. The first-order valence-corrected chi connectivity index (χ1v) is 7.61. The van der Waals surface area contributed by atoms with Gasteiger partial charge in [-0.05, 0) is 56.5 Å². The van der Waals surface area contributed by atoms with E-state index in [1.807, 2.05) is 0 Å². The fourth-order valence-corrected chi connectivity index (χ4v) is 3.10. The van der Waals surface area contributed by atoms with Gasteiger partial charge >= 0.3 is 0 Å². The number of anilines is 1. The summed E-state index contributed by atoms with van der Waals surface area (Å²) in [6.45, 7) is 4.54. The zero-order chi connectivity index (χ0) is 13.7. The third-order valence-corrected chi connectivity index (χ3v) is 4.09. The van der Waals surface area contributed by atoms with Gasteiger partial charge in [0, 0.05) is 18.8 Å². The third kappa shape index (κ3) is 4.87. The van der Waals surface area contributed by atoms with Gasteiger partial charge in [0.15, 0.2) is 0 Å². The van der Waals surface area contributed by atoms with Crippen molar-refractivity contribution in [2.45, 2.75) is 39.2 Å². The molecule has 1 aromatic rings. The van der Waals surface area contributed by atoms with Crippen molar-refractivity contribution in [1.29, 1.82) is 0 Å². The molecule has 1 saturated carbocycles. The van der Waals surface area contributed by atoms with Crippen LogP contribution in [-0.2, 0) is 6.54 Å². The van der Waals surface area contributed by atoms with Crippen molar-refractivity contribution in [3.63, 3.8) is 0 Å². The van der Waals surface area contributed by atoms with E-state index in [0.29, 0.717) is 0 Å². The van der Waals surface area contributed by atoms with Crippen LogP contribution >= 0.6 is 0 Å². The molecule has 0 bridgehead atoms. The second-order valence-electron chi connectivity index (χ2n) is 6.45. The lowest BCUT2D eigenvalue weighted by molar-refractivity contribution is 0.293. The van der Waals surface area contributed by atoms with Crippen molar-refractivity contribution in [3.05, 3.63) is 29.8 Å². The molecule has 106 valence electrons. The van der Waals surface area contributed by atoms with E-state index in [1.165, 1.54) is 36.9 Å². The van der Waals surface area contributed by atoms with Crippen molar-refractivity contribution < 1.29 is 0 Å². The second kappa shape index (κ2) is 6.95. The Hall–Kier alpha value is -1.02. The normalized spacial score (nSPS) is 23.6. The van der Waals surface area contributed by atoms with E-state index in [1.54, 1.807) is 0 Å². The van der Waals surface area contributed by atoms with Crippen LogP contribution in [0, 0.1) is 11.8 Å². The van der Waals surface area contributed by atoms with Gasteiger partial charge in [-0.15, -0.1) is 0 Å². The molecule has 0 spiro atoms. The Labute approximate surface area is 118 Å². The molecule has 0 amide bonds. The van der Waals surface area contributed by atoms with Crippen LogP contribution in [0.5, 0.6) is 0 Å². The Morgan fingerprint density at radius 2 is 1.89 bits per heavy atom. The zero-order valence-corrected chi connectivity index (χ0v) is 12.7. The second-order valence-corrected chi connectivity index (χ2v) is 6.45. The average Bonchev–Trinajstić information content (AvgIpc) is 2.37. The highest BCUT2D eigenvalue weighted by Gasteiger charge is 2.18. The lowest BCUT2D eigenvalue weighted by Gasteiger charge is -2.27. The molecule has 2 nitrogen and oxygen atoms in total. The highest BCUT2D eigenvalue weighted by Crippen LogP contribution is 2.28. The zero-order valence-electron chi connectivity index (χ0n) is 12.7. The van der Waals surface area contributed by atoms with E-state index in [2.05, 4.69) is 55.5 Å². The Morgan fingerprint density at radius 3 is 2.53 bits per heavy atom. The molecule has 2 unspecified atom stereocenters. The van der Waals surface area contributed by atoms with Crippen molar-refractivity contribution in [3.8, 4) is 0 Å². The smallest absolute Gasteiger partial charge is 0.0340 e. The van der Waals surface area contributed by atoms with Crippen molar-refractivity contribution in [1.82, 2.24) is 4.90 Å². The van der Waals surface area contributed by atoms with E-state index >= 15 is 0 Å². The summed E-state index contributed by atoms with van der Waals surface area (Å²) in [6.07, 6.45) is 5.63.